The number of carbonyl (C=O) groups excluding carboxylic acids is 1. The van der Waals surface area contributed by atoms with Crippen LogP contribution >= 0.6 is 12.6 Å². The number of thiol groups is 1. The minimum absolute atomic E-state index is 0.0755. The second kappa shape index (κ2) is 7.60. The lowest BCUT2D eigenvalue weighted by Crippen LogP contribution is -2.42. The molecule has 1 saturated carbocycles. The molecule has 0 N–H and O–H groups in total. The Balaban J connectivity index is 1.64. The molecule has 2 fully saturated rings. The van der Waals surface area contributed by atoms with Crippen LogP contribution < -0.4 is 0 Å². The quantitative estimate of drug-likeness (QED) is 0.798. The molecule has 1 aromatic carbocycles. The first-order chi connectivity index (χ1) is 13.0. The number of hydrogen-bond acceptors (Lipinski definition) is 4. The van der Waals surface area contributed by atoms with Crippen LogP contribution in [0, 0.1) is 11.7 Å². The van der Waals surface area contributed by atoms with Crippen LogP contribution in [-0.4, -0.2) is 38.8 Å². The van der Waals surface area contributed by atoms with Crippen LogP contribution in [0.5, 0.6) is 0 Å². The lowest BCUT2D eigenvalue weighted by Gasteiger charge is -2.37. The molecule has 4 nitrogen and oxygen atoms in total. The Bertz CT molecular complexity index is 874. The number of carbonyl (C=O) groups is 1. The second-order valence-electron chi connectivity index (χ2n) is 7.51. The van der Waals surface area contributed by atoms with E-state index < -0.39 is 6.04 Å². The molecule has 0 spiro atoms. The highest BCUT2D eigenvalue weighted by molar-refractivity contribution is 7.81. The molecule has 4 rings (SSSR count). The molecule has 2 unspecified atom stereocenters. The number of likely N-dealkylation sites (tertiary alicyclic amines) is 1. The summed E-state index contributed by atoms with van der Waals surface area (Å²) in [7, 11) is 1.88. The van der Waals surface area contributed by atoms with E-state index in [2.05, 4.69) is 10.00 Å². The van der Waals surface area contributed by atoms with Crippen LogP contribution in [0.2, 0.25) is 0 Å². The van der Waals surface area contributed by atoms with E-state index in [0.717, 1.165) is 37.1 Å². The van der Waals surface area contributed by atoms with Crippen molar-refractivity contribution in [1.82, 2.24) is 14.7 Å². The first-order valence-corrected chi connectivity index (χ1v) is 9.95. The Morgan fingerprint density at radius 3 is 2.74 bits per heavy atom. The van der Waals surface area contributed by atoms with Crippen LogP contribution in [-0.2, 0) is 11.8 Å². The Morgan fingerprint density at radius 1 is 1.30 bits per heavy atom. The van der Waals surface area contributed by atoms with Crippen molar-refractivity contribution < 1.29 is 9.18 Å². The molecule has 0 bridgehead atoms. The summed E-state index contributed by atoms with van der Waals surface area (Å²) in [5.74, 6) is -0.0822. The molecule has 1 aliphatic carbocycles. The van der Waals surface area contributed by atoms with Crippen molar-refractivity contribution in [3.63, 3.8) is 0 Å². The molecule has 2 aromatic rings. The topological polar surface area (TPSA) is 38.1 Å². The minimum Gasteiger partial charge on any atom is -0.297 e. The van der Waals surface area contributed by atoms with Gasteiger partial charge in [0, 0.05) is 43.1 Å². The minimum atomic E-state index is -0.522. The van der Waals surface area contributed by atoms with Crippen molar-refractivity contribution in [3.05, 3.63) is 59.2 Å². The van der Waals surface area contributed by atoms with E-state index in [9.17, 15) is 9.18 Å². The van der Waals surface area contributed by atoms with Gasteiger partial charge in [0.25, 0.3) is 0 Å². The van der Waals surface area contributed by atoms with E-state index in [4.69, 9.17) is 12.6 Å². The van der Waals surface area contributed by atoms with Gasteiger partial charge >= 0.3 is 0 Å². The number of nitrogens with zero attached hydrogens (tertiary/aromatic N) is 3. The maximum absolute atomic E-state index is 14.5. The normalized spacial score (nSPS) is 23.5. The lowest BCUT2D eigenvalue weighted by molar-refractivity contribution is -0.126. The van der Waals surface area contributed by atoms with E-state index in [1.54, 1.807) is 16.8 Å². The monoisotopic (exact) mass is 385 g/mol. The van der Waals surface area contributed by atoms with Gasteiger partial charge in [-0.3, -0.25) is 14.4 Å². The molecule has 2 atom stereocenters. The molecule has 1 aliphatic heterocycles. The number of halogens is 1. The highest BCUT2D eigenvalue weighted by Crippen LogP contribution is 2.39. The summed E-state index contributed by atoms with van der Waals surface area (Å²) in [5, 5.41) is 4.54. The van der Waals surface area contributed by atoms with Crippen molar-refractivity contribution >= 4 is 24.5 Å². The average molecular weight is 386 g/mol. The van der Waals surface area contributed by atoms with Gasteiger partial charge in [-0.1, -0.05) is 18.2 Å². The number of hydrogen-bond donors (Lipinski definition) is 1. The molecule has 6 heteroatoms. The Labute approximate surface area is 164 Å². The first-order valence-electron chi connectivity index (χ1n) is 9.43. The smallest absolute Gasteiger partial charge is 0.157 e. The summed E-state index contributed by atoms with van der Waals surface area (Å²) in [6.45, 7) is 1.33. The lowest BCUT2D eigenvalue weighted by atomic mass is 9.93. The van der Waals surface area contributed by atoms with E-state index in [1.807, 2.05) is 31.5 Å². The Kier molecular flexibility index (Phi) is 5.19. The maximum atomic E-state index is 14.5. The number of aromatic nitrogens is 2. The van der Waals surface area contributed by atoms with Crippen molar-refractivity contribution in [1.29, 1.82) is 0 Å². The SMILES string of the molecule is Cn1ccc(/C=C2/CN(C(C(=O)C3CC3)c3ccccc3F)CCC2S)n1. The van der Waals surface area contributed by atoms with Crippen molar-refractivity contribution in [3.8, 4) is 0 Å². The zero-order chi connectivity index (χ0) is 19.0. The van der Waals surface area contributed by atoms with Crippen molar-refractivity contribution in [2.75, 3.05) is 13.1 Å². The number of benzene rings is 1. The van der Waals surface area contributed by atoms with Gasteiger partial charge in [-0.25, -0.2) is 4.39 Å². The zero-order valence-electron chi connectivity index (χ0n) is 15.4. The summed E-state index contributed by atoms with van der Waals surface area (Å²) in [6, 6.07) is 8.10. The summed E-state index contributed by atoms with van der Waals surface area (Å²) < 4.78 is 16.3. The van der Waals surface area contributed by atoms with Gasteiger partial charge in [0.1, 0.15) is 5.82 Å². The van der Waals surface area contributed by atoms with Gasteiger partial charge < -0.3 is 0 Å². The molecule has 2 aliphatic rings. The maximum Gasteiger partial charge on any atom is 0.157 e. The van der Waals surface area contributed by atoms with E-state index in [0.29, 0.717) is 12.1 Å². The average Bonchev–Trinajstić information content (AvgIpc) is 3.42. The van der Waals surface area contributed by atoms with E-state index in [-0.39, 0.29) is 22.8 Å². The molecule has 2 heterocycles. The third-order valence-electron chi connectivity index (χ3n) is 5.39. The fourth-order valence-electron chi connectivity index (χ4n) is 3.77. The van der Waals surface area contributed by atoms with Crippen molar-refractivity contribution in [2.24, 2.45) is 13.0 Å². The molecule has 27 heavy (non-hydrogen) atoms. The summed E-state index contributed by atoms with van der Waals surface area (Å²) in [5.41, 5.74) is 2.49. The van der Waals surface area contributed by atoms with E-state index >= 15 is 0 Å². The van der Waals surface area contributed by atoms with Crippen LogP contribution in [0.15, 0.2) is 42.1 Å². The summed E-state index contributed by atoms with van der Waals surface area (Å²) in [4.78, 5) is 15.2. The molecule has 0 radical (unpaired) electrons. The number of ketones is 1. The predicted octanol–water partition coefficient (Wildman–Crippen LogP) is 3.67. The molecular weight excluding hydrogens is 361 g/mol. The highest BCUT2D eigenvalue weighted by atomic mass is 32.1. The number of Topliss-reactive ketones (excluding diaryl/α,β-unsaturated/α-hetero) is 1. The summed E-state index contributed by atoms with van der Waals surface area (Å²) in [6.07, 6.45) is 6.61. The van der Waals surface area contributed by atoms with Crippen LogP contribution in [0.1, 0.15) is 36.6 Å². The molecule has 0 amide bonds. The Hall–Kier alpha value is -1.92. The van der Waals surface area contributed by atoms with Gasteiger partial charge in [0.05, 0.1) is 11.7 Å². The molecular formula is C21H24FN3OS. The number of rotatable bonds is 5. The van der Waals surface area contributed by atoms with Crippen LogP contribution in [0.4, 0.5) is 4.39 Å². The van der Waals surface area contributed by atoms with Gasteiger partial charge in [0.2, 0.25) is 0 Å². The number of aryl methyl sites for hydroxylation is 1. The summed E-state index contributed by atoms with van der Waals surface area (Å²) >= 11 is 4.73. The zero-order valence-corrected chi connectivity index (χ0v) is 16.3. The van der Waals surface area contributed by atoms with Gasteiger partial charge in [-0.2, -0.15) is 17.7 Å². The third-order valence-corrected chi connectivity index (χ3v) is 5.97. The molecule has 142 valence electrons. The standard InChI is InChI=1S/C21H24FN3OS/c1-24-10-8-16(23-24)12-15-13-25(11-9-19(15)27)20(21(26)14-6-7-14)17-4-2-3-5-18(17)22/h2-5,8,10,12,14,19-20,27H,6-7,9,11,13H2,1H3/b15-12-. The predicted molar refractivity (Wildman–Crippen MR) is 107 cm³/mol. The van der Waals surface area contributed by atoms with Gasteiger partial charge in [-0.15, -0.1) is 0 Å². The van der Waals surface area contributed by atoms with E-state index in [1.165, 1.54) is 6.07 Å². The van der Waals surface area contributed by atoms with Crippen LogP contribution in [0.25, 0.3) is 6.08 Å². The first kappa shape index (κ1) is 18.4. The fraction of sp³-hybridized carbons (Fsp3) is 0.429. The van der Waals surface area contributed by atoms with Crippen LogP contribution in [0.3, 0.4) is 0 Å². The van der Waals surface area contributed by atoms with Gasteiger partial charge in [0.15, 0.2) is 5.78 Å². The largest absolute Gasteiger partial charge is 0.297 e. The molecule has 1 saturated heterocycles. The van der Waals surface area contributed by atoms with Crippen molar-refractivity contribution in [2.45, 2.75) is 30.6 Å². The fourth-order valence-corrected chi connectivity index (χ4v) is 4.04. The third kappa shape index (κ3) is 4.01. The molecule has 1 aromatic heterocycles. The van der Waals surface area contributed by atoms with Gasteiger partial charge in [-0.05, 0) is 43.0 Å². The highest BCUT2D eigenvalue weighted by Gasteiger charge is 2.40. The second-order valence-corrected chi connectivity index (χ2v) is 8.13. The number of piperidine rings is 1. The Morgan fingerprint density at radius 2 is 2.07 bits per heavy atom.